The van der Waals surface area contributed by atoms with Crippen molar-refractivity contribution in [1.82, 2.24) is 0 Å². The van der Waals surface area contributed by atoms with Crippen LogP contribution in [-0.4, -0.2) is 32.0 Å². The molecule has 4 nitrogen and oxygen atoms in total. The summed E-state index contributed by atoms with van der Waals surface area (Å²) in [5.41, 5.74) is 1.80. The number of alkyl halides is 1. The zero-order chi connectivity index (χ0) is 13.7. The minimum atomic E-state index is -0.213. The molecule has 0 aliphatic carbocycles. The van der Waals surface area contributed by atoms with Crippen molar-refractivity contribution in [2.45, 2.75) is 19.3 Å². The van der Waals surface area contributed by atoms with Gasteiger partial charge in [0.15, 0.2) is 0 Å². The highest BCUT2D eigenvalue weighted by atomic mass is 35.5. The van der Waals surface area contributed by atoms with E-state index in [4.69, 9.17) is 16.3 Å². The van der Waals surface area contributed by atoms with Gasteiger partial charge in [0.05, 0.1) is 12.8 Å². The van der Waals surface area contributed by atoms with Gasteiger partial charge >= 0.3 is 0 Å². The van der Waals surface area contributed by atoms with Gasteiger partial charge in [0.2, 0.25) is 5.91 Å². The van der Waals surface area contributed by atoms with Gasteiger partial charge in [-0.3, -0.25) is 4.79 Å². The zero-order valence-electron chi connectivity index (χ0n) is 11.1. The van der Waals surface area contributed by atoms with Gasteiger partial charge in [0.1, 0.15) is 11.6 Å². The molecule has 0 spiro atoms. The predicted octanol–water partition coefficient (Wildman–Crippen LogP) is 2.86. The summed E-state index contributed by atoms with van der Waals surface area (Å²) in [7, 11) is 1.65. The maximum atomic E-state index is 11.3. The van der Waals surface area contributed by atoms with Gasteiger partial charge in [-0.2, -0.15) is 0 Å². The normalized spacial score (nSPS) is 15.2. The van der Waals surface area contributed by atoms with Crippen LogP contribution in [0.5, 0.6) is 5.75 Å². The number of halogens is 1. The van der Waals surface area contributed by atoms with Crippen molar-refractivity contribution in [2.24, 2.45) is 0 Å². The van der Waals surface area contributed by atoms with Gasteiger partial charge in [-0.05, 0) is 31.4 Å². The number of hydrogen-bond acceptors (Lipinski definition) is 3. The molecule has 0 aromatic heterocycles. The van der Waals surface area contributed by atoms with E-state index in [-0.39, 0.29) is 11.8 Å². The van der Waals surface area contributed by atoms with Gasteiger partial charge in [0, 0.05) is 24.8 Å². The van der Waals surface area contributed by atoms with Crippen LogP contribution in [0.4, 0.5) is 11.4 Å². The van der Waals surface area contributed by atoms with Crippen molar-refractivity contribution in [2.75, 3.05) is 36.3 Å². The monoisotopic (exact) mass is 282 g/mol. The summed E-state index contributed by atoms with van der Waals surface area (Å²) < 4.78 is 5.43. The van der Waals surface area contributed by atoms with Gasteiger partial charge in [-0.15, -0.1) is 11.6 Å². The van der Waals surface area contributed by atoms with Gasteiger partial charge in [-0.1, -0.05) is 0 Å². The number of nitrogens with one attached hydrogen (secondary N) is 1. The Morgan fingerprint density at radius 2 is 2.11 bits per heavy atom. The molecular formula is C14H19ClN2O2. The van der Waals surface area contributed by atoms with Gasteiger partial charge < -0.3 is 15.0 Å². The first-order valence-corrected chi connectivity index (χ1v) is 7.07. The molecule has 2 rings (SSSR count). The topological polar surface area (TPSA) is 41.6 Å². The molecule has 1 aromatic rings. The lowest BCUT2D eigenvalue weighted by Crippen LogP contribution is -2.29. The molecule has 0 radical (unpaired) electrons. The maximum absolute atomic E-state index is 11.3. The van der Waals surface area contributed by atoms with Crippen molar-refractivity contribution >= 4 is 28.9 Å². The first kappa shape index (κ1) is 14.0. The van der Waals surface area contributed by atoms with Crippen LogP contribution in [-0.2, 0) is 4.79 Å². The second-order valence-corrected chi connectivity index (χ2v) is 4.88. The van der Waals surface area contributed by atoms with E-state index in [9.17, 15) is 4.79 Å². The van der Waals surface area contributed by atoms with Crippen molar-refractivity contribution < 1.29 is 9.53 Å². The Morgan fingerprint density at radius 1 is 1.37 bits per heavy atom. The second kappa shape index (κ2) is 6.66. The number of anilines is 2. The number of hydrogen-bond donors (Lipinski definition) is 1. The maximum Gasteiger partial charge on any atom is 0.239 e. The minimum absolute atomic E-state index is 0.0454. The number of piperidine rings is 1. The molecule has 0 bridgehead atoms. The van der Waals surface area contributed by atoms with Crippen LogP contribution in [0.1, 0.15) is 19.3 Å². The Balaban J connectivity index is 2.18. The Labute approximate surface area is 118 Å². The fourth-order valence-electron chi connectivity index (χ4n) is 2.35. The Hall–Kier alpha value is -1.42. The number of amides is 1. The molecule has 1 aromatic carbocycles. The number of methoxy groups -OCH3 is 1. The van der Waals surface area contributed by atoms with E-state index >= 15 is 0 Å². The third kappa shape index (κ3) is 3.53. The van der Waals surface area contributed by atoms with E-state index in [2.05, 4.69) is 10.2 Å². The van der Waals surface area contributed by atoms with E-state index < -0.39 is 0 Å². The van der Waals surface area contributed by atoms with Crippen molar-refractivity contribution in [3.8, 4) is 5.75 Å². The fourth-order valence-corrected chi connectivity index (χ4v) is 2.41. The molecule has 0 unspecified atom stereocenters. The molecule has 1 aliphatic heterocycles. The van der Waals surface area contributed by atoms with E-state index in [1.807, 2.05) is 18.2 Å². The summed E-state index contributed by atoms with van der Waals surface area (Å²) in [5, 5.41) is 2.73. The van der Waals surface area contributed by atoms with Crippen LogP contribution in [0.15, 0.2) is 18.2 Å². The van der Waals surface area contributed by atoms with Crippen molar-refractivity contribution in [1.29, 1.82) is 0 Å². The van der Waals surface area contributed by atoms with Crippen LogP contribution in [0.3, 0.4) is 0 Å². The average molecular weight is 283 g/mol. The van der Waals surface area contributed by atoms with E-state index in [1.165, 1.54) is 19.3 Å². The number of carbonyl (C=O) groups is 1. The van der Waals surface area contributed by atoms with E-state index in [0.29, 0.717) is 5.69 Å². The lowest BCUT2D eigenvalue weighted by atomic mass is 10.1. The number of ether oxygens (including phenoxy) is 1. The highest BCUT2D eigenvalue weighted by Crippen LogP contribution is 2.32. The number of carbonyl (C=O) groups excluding carboxylic acids is 1. The Kier molecular flexibility index (Phi) is 4.91. The molecule has 104 valence electrons. The standard InChI is InChI=1S/C14H19ClN2O2/c1-19-13-9-11(16-14(18)10-15)5-6-12(13)17-7-3-2-4-8-17/h5-6,9H,2-4,7-8,10H2,1H3,(H,16,18). The van der Waals surface area contributed by atoms with Crippen LogP contribution >= 0.6 is 11.6 Å². The molecule has 0 atom stereocenters. The molecule has 5 heteroatoms. The lowest BCUT2D eigenvalue weighted by Gasteiger charge is -2.30. The Morgan fingerprint density at radius 3 is 2.74 bits per heavy atom. The first-order chi connectivity index (χ1) is 9.24. The van der Waals surface area contributed by atoms with Crippen molar-refractivity contribution in [3.63, 3.8) is 0 Å². The molecule has 1 fully saturated rings. The smallest absolute Gasteiger partial charge is 0.239 e. The summed E-state index contributed by atoms with van der Waals surface area (Å²) in [4.78, 5) is 13.6. The fraction of sp³-hybridized carbons (Fsp3) is 0.500. The van der Waals surface area contributed by atoms with E-state index in [0.717, 1.165) is 24.5 Å². The SMILES string of the molecule is COc1cc(NC(=O)CCl)ccc1N1CCCCC1. The third-order valence-electron chi connectivity index (χ3n) is 3.28. The summed E-state index contributed by atoms with van der Waals surface area (Å²) in [6.07, 6.45) is 3.73. The number of benzene rings is 1. The van der Waals surface area contributed by atoms with Gasteiger partial charge in [0.25, 0.3) is 0 Å². The van der Waals surface area contributed by atoms with Crippen molar-refractivity contribution in [3.05, 3.63) is 18.2 Å². The summed E-state index contributed by atoms with van der Waals surface area (Å²) in [6.45, 7) is 2.12. The second-order valence-electron chi connectivity index (χ2n) is 4.62. The number of rotatable bonds is 4. The van der Waals surface area contributed by atoms with Crippen LogP contribution < -0.4 is 15.0 Å². The largest absolute Gasteiger partial charge is 0.495 e. The van der Waals surface area contributed by atoms with Crippen LogP contribution in [0.25, 0.3) is 0 Å². The molecule has 1 saturated heterocycles. The minimum Gasteiger partial charge on any atom is -0.495 e. The predicted molar refractivity (Wildman–Crippen MR) is 78.4 cm³/mol. The third-order valence-corrected chi connectivity index (χ3v) is 3.52. The van der Waals surface area contributed by atoms with Crippen LogP contribution in [0.2, 0.25) is 0 Å². The van der Waals surface area contributed by atoms with Gasteiger partial charge in [-0.25, -0.2) is 0 Å². The highest BCUT2D eigenvalue weighted by Gasteiger charge is 2.15. The molecule has 0 saturated carbocycles. The molecule has 1 N–H and O–H groups in total. The average Bonchev–Trinajstić information content (AvgIpc) is 2.47. The number of nitrogens with zero attached hydrogens (tertiary/aromatic N) is 1. The van der Waals surface area contributed by atoms with E-state index in [1.54, 1.807) is 7.11 Å². The summed E-state index contributed by atoms with van der Waals surface area (Å²) in [5.74, 6) is 0.527. The molecule has 1 aliphatic rings. The quantitative estimate of drug-likeness (QED) is 0.864. The molecule has 19 heavy (non-hydrogen) atoms. The summed E-state index contributed by atoms with van der Waals surface area (Å²) >= 11 is 5.48. The summed E-state index contributed by atoms with van der Waals surface area (Å²) in [6, 6.07) is 5.72. The highest BCUT2D eigenvalue weighted by molar-refractivity contribution is 6.29. The molecule has 1 heterocycles. The zero-order valence-corrected chi connectivity index (χ0v) is 11.9. The Bertz CT molecular complexity index is 445. The molecule has 1 amide bonds. The van der Waals surface area contributed by atoms with Crippen LogP contribution in [0, 0.1) is 0 Å². The lowest BCUT2D eigenvalue weighted by molar-refractivity contribution is -0.113. The first-order valence-electron chi connectivity index (χ1n) is 6.53. The molecular weight excluding hydrogens is 264 g/mol.